The van der Waals surface area contributed by atoms with E-state index in [9.17, 15) is 13.2 Å². The molecule has 0 saturated carbocycles. The first-order chi connectivity index (χ1) is 12.3. The molecule has 0 aromatic heterocycles. The Morgan fingerprint density at radius 3 is 2.42 bits per heavy atom. The number of halogens is 1. The fourth-order valence-corrected chi connectivity index (χ4v) is 3.49. The van der Waals surface area contributed by atoms with E-state index in [1.54, 1.807) is 24.3 Å². The van der Waals surface area contributed by atoms with Gasteiger partial charge in [0.1, 0.15) is 0 Å². The molecule has 0 spiro atoms. The predicted molar refractivity (Wildman–Crippen MR) is 97.6 cm³/mol. The zero-order valence-electron chi connectivity index (χ0n) is 13.8. The van der Waals surface area contributed by atoms with Gasteiger partial charge < -0.3 is 4.84 Å². The average molecular weight is 391 g/mol. The minimum Gasteiger partial charge on any atom is -0.318 e. The smallest absolute Gasteiger partial charge is 0.318 e. The Morgan fingerprint density at radius 2 is 1.85 bits per heavy atom. The zero-order valence-corrected chi connectivity index (χ0v) is 15.4. The lowest BCUT2D eigenvalue weighted by Crippen LogP contribution is -2.22. The van der Waals surface area contributed by atoms with Gasteiger partial charge >= 0.3 is 5.97 Å². The van der Waals surface area contributed by atoms with Gasteiger partial charge in [0.15, 0.2) is 9.84 Å². The van der Waals surface area contributed by atoms with Crippen molar-refractivity contribution >= 4 is 33.6 Å². The van der Waals surface area contributed by atoms with Gasteiger partial charge in [0.05, 0.1) is 34.4 Å². The normalized spacial score (nSPS) is 12.5. The number of nitriles is 1. The Hall–Kier alpha value is -2.69. The first-order valence-corrected chi connectivity index (χ1v) is 9.48. The van der Waals surface area contributed by atoms with Crippen molar-refractivity contribution in [3.63, 3.8) is 0 Å². The van der Waals surface area contributed by atoms with Crippen molar-refractivity contribution in [2.24, 2.45) is 5.16 Å². The Morgan fingerprint density at radius 1 is 1.23 bits per heavy atom. The quantitative estimate of drug-likeness (QED) is 0.428. The maximum Gasteiger partial charge on any atom is 0.336 e. The highest BCUT2D eigenvalue weighted by Gasteiger charge is 2.26. The van der Waals surface area contributed by atoms with E-state index in [2.05, 4.69) is 5.16 Å². The molecule has 2 aromatic carbocycles. The molecule has 0 aliphatic heterocycles. The second-order valence-corrected chi connectivity index (χ2v) is 8.25. The summed E-state index contributed by atoms with van der Waals surface area (Å²) >= 11 is 5.75. The summed E-state index contributed by atoms with van der Waals surface area (Å²) in [6.45, 7) is 1.43. The van der Waals surface area contributed by atoms with Crippen molar-refractivity contribution in [2.75, 3.05) is 0 Å². The number of carbonyl (C=O) groups is 1. The van der Waals surface area contributed by atoms with Crippen LogP contribution in [0.4, 0.5) is 0 Å². The number of hydrogen-bond donors (Lipinski definition) is 0. The molecule has 0 radical (unpaired) electrons. The van der Waals surface area contributed by atoms with E-state index < -0.39 is 21.1 Å². The van der Waals surface area contributed by atoms with Crippen molar-refractivity contribution in [2.45, 2.75) is 23.5 Å². The van der Waals surface area contributed by atoms with Gasteiger partial charge in [-0.05, 0) is 48.9 Å². The third-order valence-corrected chi connectivity index (χ3v) is 5.93. The van der Waals surface area contributed by atoms with Crippen molar-refractivity contribution < 1.29 is 18.0 Å². The molecule has 0 heterocycles. The van der Waals surface area contributed by atoms with Gasteiger partial charge in [-0.1, -0.05) is 28.9 Å². The molecule has 8 heteroatoms. The van der Waals surface area contributed by atoms with E-state index in [1.165, 1.54) is 37.4 Å². The van der Waals surface area contributed by atoms with Gasteiger partial charge in [0.2, 0.25) is 0 Å². The first kappa shape index (κ1) is 19.6. The molecule has 0 bridgehead atoms. The van der Waals surface area contributed by atoms with E-state index in [4.69, 9.17) is 21.7 Å². The number of carbonyl (C=O) groups excluding carboxylic acids is 1. The summed E-state index contributed by atoms with van der Waals surface area (Å²) in [4.78, 5) is 16.6. The number of nitrogens with zero attached hydrogens (tertiary/aromatic N) is 2. The molecule has 134 valence electrons. The second kappa shape index (κ2) is 8.61. The van der Waals surface area contributed by atoms with Gasteiger partial charge in [-0.3, -0.25) is 0 Å². The van der Waals surface area contributed by atoms with Crippen LogP contribution in [0.3, 0.4) is 0 Å². The van der Waals surface area contributed by atoms with Crippen LogP contribution < -0.4 is 0 Å². The molecule has 0 saturated heterocycles. The van der Waals surface area contributed by atoms with Gasteiger partial charge in [-0.2, -0.15) is 5.26 Å². The lowest BCUT2D eigenvalue weighted by Gasteiger charge is -2.11. The Labute approximate surface area is 156 Å². The maximum atomic E-state index is 12.4. The van der Waals surface area contributed by atoms with Gasteiger partial charge in [-0.15, -0.1) is 0 Å². The molecule has 0 aliphatic carbocycles. The fourth-order valence-electron chi connectivity index (χ4n) is 2.03. The van der Waals surface area contributed by atoms with Crippen LogP contribution in [0.15, 0.2) is 58.6 Å². The maximum absolute atomic E-state index is 12.4. The van der Waals surface area contributed by atoms with Crippen LogP contribution in [0.5, 0.6) is 0 Å². The Bertz CT molecular complexity index is 946. The monoisotopic (exact) mass is 390 g/mol. The van der Waals surface area contributed by atoms with E-state index >= 15 is 0 Å². The molecule has 2 rings (SSSR count). The Balaban J connectivity index is 1.94. The molecule has 6 nitrogen and oxygen atoms in total. The van der Waals surface area contributed by atoms with E-state index in [0.717, 1.165) is 0 Å². The second-order valence-electron chi connectivity index (χ2n) is 5.45. The minimum atomic E-state index is -3.68. The number of oxime groups is 1. The number of rotatable bonds is 6. The number of sulfone groups is 1. The molecule has 0 aliphatic rings. The van der Waals surface area contributed by atoms with Crippen LogP contribution in [0.1, 0.15) is 24.5 Å². The fraction of sp³-hybridized carbons (Fsp3) is 0.167. The minimum absolute atomic E-state index is 0.0864. The van der Waals surface area contributed by atoms with Crippen LogP contribution in [-0.2, 0) is 19.5 Å². The summed E-state index contributed by atoms with van der Waals surface area (Å²) in [5.41, 5.74) is 1.14. The molecule has 26 heavy (non-hydrogen) atoms. The third kappa shape index (κ3) is 5.15. The highest BCUT2D eigenvalue weighted by Crippen LogP contribution is 2.20. The van der Waals surface area contributed by atoms with Crippen molar-refractivity contribution in [3.8, 4) is 6.07 Å². The molecule has 0 amide bonds. The molecular formula is C18H15ClN2O4S. The highest BCUT2D eigenvalue weighted by atomic mass is 35.5. The topological polar surface area (TPSA) is 96.6 Å². The van der Waals surface area contributed by atoms with E-state index in [1.807, 2.05) is 6.07 Å². The lowest BCUT2D eigenvalue weighted by atomic mass is 10.2. The van der Waals surface area contributed by atoms with Crippen LogP contribution in [0.25, 0.3) is 0 Å². The summed E-state index contributed by atoms with van der Waals surface area (Å²) in [6.07, 6.45) is 0.965. The lowest BCUT2D eigenvalue weighted by molar-refractivity contribution is -0.143. The summed E-state index contributed by atoms with van der Waals surface area (Å²) in [5.74, 6) is -0.764. The molecule has 0 fully saturated rings. The van der Waals surface area contributed by atoms with Crippen LogP contribution in [-0.4, -0.2) is 25.9 Å². The molecule has 2 aromatic rings. The van der Waals surface area contributed by atoms with Crippen LogP contribution >= 0.6 is 11.6 Å². The molecule has 1 atom stereocenters. The van der Waals surface area contributed by atoms with Crippen molar-refractivity contribution in [3.05, 3.63) is 64.7 Å². The van der Waals surface area contributed by atoms with Crippen molar-refractivity contribution in [1.29, 1.82) is 5.26 Å². The zero-order chi connectivity index (χ0) is 19.2. The Kier molecular flexibility index (Phi) is 6.50. The van der Waals surface area contributed by atoms with Gasteiger partial charge in [0, 0.05) is 5.02 Å². The largest absolute Gasteiger partial charge is 0.336 e. The van der Waals surface area contributed by atoms with E-state index in [0.29, 0.717) is 16.1 Å². The highest BCUT2D eigenvalue weighted by molar-refractivity contribution is 7.92. The summed E-state index contributed by atoms with van der Waals surface area (Å²) in [7, 11) is -3.68. The van der Waals surface area contributed by atoms with Crippen LogP contribution in [0.2, 0.25) is 5.02 Å². The molecule has 0 N–H and O–H groups in total. The van der Waals surface area contributed by atoms with E-state index in [-0.39, 0.29) is 11.3 Å². The van der Waals surface area contributed by atoms with Crippen LogP contribution in [0, 0.1) is 11.3 Å². The predicted octanol–water partition coefficient (Wildman–Crippen LogP) is 3.34. The summed E-state index contributed by atoms with van der Waals surface area (Å²) in [6, 6.07) is 14.2. The summed E-state index contributed by atoms with van der Waals surface area (Å²) < 4.78 is 24.8. The van der Waals surface area contributed by atoms with Gasteiger partial charge in [0.25, 0.3) is 0 Å². The number of hydrogen-bond acceptors (Lipinski definition) is 6. The first-order valence-electron chi connectivity index (χ1n) is 7.56. The van der Waals surface area contributed by atoms with Crippen molar-refractivity contribution in [1.82, 2.24) is 0 Å². The third-order valence-electron chi connectivity index (χ3n) is 3.52. The molecule has 1 unspecified atom stereocenters. The SMILES string of the molecule is CC(CC(=O)O/N=C/c1ccc(C#N)cc1)S(=O)(=O)c1ccc(Cl)cc1. The summed E-state index contributed by atoms with van der Waals surface area (Å²) in [5, 5.41) is 11.7. The average Bonchev–Trinajstić information content (AvgIpc) is 2.62. The molecular weight excluding hydrogens is 376 g/mol. The standard InChI is InChI=1S/C18H15ClN2O4S/c1-13(26(23,24)17-8-6-16(19)7-9-17)10-18(22)25-21-12-15-4-2-14(11-20)3-5-15/h2-9,12-13H,10H2,1H3/b21-12+. The van der Waals surface area contributed by atoms with Gasteiger partial charge in [-0.25, -0.2) is 13.2 Å². The number of benzene rings is 2.